The molecule has 2 aliphatic carbocycles. The van der Waals surface area contributed by atoms with Crippen molar-refractivity contribution in [2.75, 3.05) is 46.9 Å². The van der Waals surface area contributed by atoms with E-state index in [0.29, 0.717) is 17.1 Å². The second-order valence-electron chi connectivity index (χ2n) is 7.70. The maximum Gasteiger partial charge on any atom is 0.254 e. The molecule has 0 unspecified atom stereocenters. The fraction of sp³-hybridized carbons (Fsp3) is 0.571. The molecule has 0 N–H and O–H groups in total. The number of piperazine rings is 1. The zero-order chi connectivity index (χ0) is 18.1. The van der Waals surface area contributed by atoms with Gasteiger partial charge in [-0.05, 0) is 48.8 Å². The van der Waals surface area contributed by atoms with E-state index in [9.17, 15) is 4.79 Å². The summed E-state index contributed by atoms with van der Waals surface area (Å²) in [6, 6.07) is 5.39. The van der Waals surface area contributed by atoms with Crippen LogP contribution in [0.2, 0.25) is 0 Å². The van der Waals surface area contributed by atoms with Crippen LogP contribution < -0.4 is 9.47 Å². The van der Waals surface area contributed by atoms with Crippen molar-refractivity contribution in [3.63, 3.8) is 0 Å². The first kappa shape index (κ1) is 17.4. The predicted octanol–water partition coefficient (Wildman–Crippen LogP) is 2.67. The zero-order valence-corrected chi connectivity index (χ0v) is 15.7. The molecule has 1 aliphatic heterocycles. The van der Waals surface area contributed by atoms with Gasteiger partial charge in [0, 0.05) is 38.3 Å². The summed E-state index contributed by atoms with van der Waals surface area (Å²) >= 11 is 0. The number of allylic oxidation sites excluding steroid dienone is 2. The van der Waals surface area contributed by atoms with E-state index in [-0.39, 0.29) is 5.91 Å². The molecule has 1 amide bonds. The number of amides is 1. The molecule has 0 aromatic heterocycles. The van der Waals surface area contributed by atoms with Gasteiger partial charge in [0.1, 0.15) is 0 Å². The molecule has 140 valence electrons. The summed E-state index contributed by atoms with van der Waals surface area (Å²) in [7, 11) is 3.19. The Labute approximate surface area is 155 Å². The molecule has 1 saturated heterocycles. The molecule has 4 rings (SSSR count). The predicted molar refractivity (Wildman–Crippen MR) is 101 cm³/mol. The summed E-state index contributed by atoms with van der Waals surface area (Å²) in [5.74, 6) is 3.77. The molecule has 1 saturated carbocycles. The van der Waals surface area contributed by atoms with E-state index >= 15 is 0 Å². The van der Waals surface area contributed by atoms with Gasteiger partial charge in [0.05, 0.1) is 14.2 Å². The average Bonchev–Trinajstić information content (AvgIpc) is 3.30. The molecule has 0 spiro atoms. The van der Waals surface area contributed by atoms with Gasteiger partial charge >= 0.3 is 0 Å². The van der Waals surface area contributed by atoms with Gasteiger partial charge in [-0.15, -0.1) is 0 Å². The van der Waals surface area contributed by atoms with Crippen LogP contribution in [-0.2, 0) is 0 Å². The van der Waals surface area contributed by atoms with Crippen molar-refractivity contribution in [3.8, 4) is 11.5 Å². The summed E-state index contributed by atoms with van der Waals surface area (Å²) in [5, 5.41) is 0. The molecule has 0 radical (unpaired) electrons. The van der Waals surface area contributed by atoms with Crippen molar-refractivity contribution in [2.24, 2.45) is 17.8 Å². The first-order valence-electron chi connectivity index (χ1n) is 9.60. The van der Waals surface area contributed by atoms with E-state index in [1.54, 1.807) is 26.4 Å². The number of hydrogen-bond acceptors (Lipinski definition) is 4. The number of benzene rings is 1. The minimum absolute atomic E-state index is 0.0773. The van der Waals surface area contributed by atoms with Crippen LogP contribution in [0.1, 0.15) is 23.2 Å². The number of carbonyl (C=O) groups excluding carboxylic acids is 1. The Kier molecular flexibility index (Phi) is 4.90. The SMILES string of the molecule is COc1ccc(C(=O)N2CCN(C[C@@H]3C[C@@H]4C=C[C@H]3C4)CC2)cc1OC. The zero-order valence-electron chi connectivity index (χ0n) is 15.7. The molecule has 3 aliphatic rings. The fourth-order valence-electron chi connectivity index (χ4n) is 4.72. The largest absolute Gasteiger partial charge is 0.493 e. The molecule has 26 heavy (non-hydrogen) atoms. The van der Waals surface area contributed by atoms with Crippen LogP contribution in [0.5, 0.6) is 11.5 Å². The Hall–Kier alpha value is -2.01. The lowest BCUT2D eigenvalue weighted by molar-refractivity contribution is 0.0610. The number of carbonyl (C=O) groups is 1. The molecule has 1 heterocycles. The highest BCUT2D eigenvalue weighted by Gasteiger charge is 2.36. The molecule has 1 aromatic carbocycles. The van der Waals surface area contributed by atoms with Crippen molar-refractivity contribution in [1.29, 1.82) is 0 Å². The number of hydrogen-bond donors (Lipinski definition) is 0. The smallest absolute Gasteiger partial charge is 0.254 e. The van der Waals surface area contributed by atoms with Crippen LogP contribution >= 0.6 is 0 Å². The summed E-state index contributed by atoms with van der Waals surface area (Å²) in [6.07, 6.45) is 7.55. The van der Waals surface area contributed by atoms with Gasteiger partial charge in [-0.25, -0.2) is 0 Å². The lowest BCUT2D eigenvalue weighted by Gasteiger charge is -2.37. The minimum atomic E-state index is 0.0773. The minimum Gasteiger partial charge on any atom is -0.493 e. The molecule has 5 heteroatoms. The monoisotopic (exact) mass is 356 g/mol. The van der Waals surface area contributed by atoms with Crippen molar-refractivity contribution in [3.05, 3.63) is 35.9 Å². The van der Waals surface area contributed by atoms with E-state index in [0.717, 1.165) is 43.9 Å². The second kappa shape index (κ2) is 7.31. The van der Waals surface area contributed by atoms with Gasteiger partial charge in [0.25, 0.3) is 5.91 Å². The summed E-state index contributed by atoms with van der Waals surface area (Å²) in [5.41, 5.74) is 0.661. The van der Waals surface area contributed by atoms with Crippen LogP contribution in [0.25, 0.3) is 0 Å². The van der Waals surface area contributed by atoms with E-state index in [2.05, 4.69) is 17.1 Å². The lowest BCUT2D eigenvalue weighted by Crippen LogP contribution is -2.50. The quantitative estimate of drug-likeness (QED) is 0.761. The van der Waals surface area contributed by atoms with E-state index in [1.165, 1.54) is 19.4 Å². The van der Waals surface area contributed by atoms with E-state index in [4.69, 9.17) is 9.47 Å². The third-order valence-electron chi connectivity index (χ3n) is 6.20. The second-order valence-corrected chi connectivity index (χ2v) is 7.70. The number of fused-ring (bicyclic) bond motifs is 2. The topological polar surface area (TPSA) is 42.0 Å². The Morgan fingerprint density at radius 3 is 2.42 bits per heavy atom. The van der Waals surface area contributed by atoms with Crippen LogP contribution in [0.15, 0.2) is 30.4 Å². The molecule has 2 bridgehead atoms. The summed E-state index contributed by atoms with van der Waals surface area (Å²) in [4.78, 5) is 17.3. The van der Waals surface area contributed by atoms with E-state index in [1.807, 2.05) is 11.0 Å². The number of ether oxygens (including phenoxy) is 2. The molecule has 1 aromatic rings. The normalized spacial score (nSPS) is 27.8. The fourth-order valence-corrected chi connectivity index (χ4v) is 4.72. The summed E-state index contributed by atoms with van der Waals surface area (Å²) < 4.78 is 10.6. The highest BCUT2D eigenvalue weighted by Crippen LogP contribution is 2.43. The lowest BCUT2D eigenvalue weighted by atomic mass is 9.93. The molecule has 2 fully saturated rings. The first-order chi connectivity index (χ1) is 12.7. The van der Waals surface area contributed by atoms with Crippen LogP contribution in [0, 0.1) is 17.8 Å². The number of rotatable bonds is 5. The van der Waals surface area contributed by atoms with Crippen molar-refractivity contribution >= 4 is 5.91 Å². The highest BCUT2D eigenvalue weighted by atomic mass is 16.5. The van der Waals surface area contributed by atoms with Crippen molar-refractivity contribution in [1.82, 2.24) is 9.80 Å². The van der Waals surface area contributed by atoms with Crippen LogP contribution in [0.4, 0.5) is 0 Å². The maximum atomic E-state index is 12.8. The van der Waals surface area contributed by atoms with Gasteiger partial charge < -0.3 is 14.4 Å². The van der Waals surface area contributed by atoms with Crippen molar-refractivity contribution < 1.29 is 14.3 Å². The van der Waals surface area contributed by atoms with Gasteiger partial charge in [-0.1, -0.05) is 12.2 Å². The van der Waals surface area contributed by atoms with Crippen LogP contribution in [0.3, 0.4) is 0 Å². The Morgan fingerprint density at radius 2 is 1.81 bits per heavy atom. The molecule has 3 atom stereocenters. The standard InChI is InChI=1S/C21H28N2O3/c1-25-19-6-5-17(13-20(19)26-2)21(24)23-9-7-22(8-10-23)14-18-12-15-3-4-16(18)11-15/h3-6,13,15-16,18H,7-12,14H2,1-2H3/t15-,16+,18+/m1/s1. The third kappa shape index (κ3) is 3.32. The highest BCUT2D eigenvalue weighted by molar-refractivity contribution is 5.95. The van der Waals surface area contributed by atoms with Gasteiger partial charge in [-0.3, -0.25) is 9.69 Å². The maximum absolute atomic E-state index is 12.8. The molecular formula is C21H28N2O3. The van der Waals surface area contributed by atoms with Crippen molar-refractivity contribution in [2.45, 2.75) is 12.8 Å². The Morgan fingerprint density at radius 1 is 1.04 bits per heavy atom. The summed E-state index contributed by atoms with van der Waals surface area (Å²) in [6.45, 7) is 4.71. The molecular weight excluding hydrogens is 328 g/mol. The van der Waals surface area contributed by atoms with Gasteiger partial charge in [-0.2, -0.15) is 0 Å². The first-order valence-corrected chi connectivity index (χ1v) is 9.60. The Bertz CT molecular complexity index is 694. The van der Waals surface area contributed by atoms with Gasteiger partial charge in [0.2, 0.25) is 0 Å². The molecule has 5 nitrogen and oxygen atoms in total. The van der Waals surface area contributed by atoms with E-state index < -0.39 is 0 Å². The van der Waals surface area contributed by atoms with Gasteiger partial charge in [0.15, 0.2) is 11.5 Å². The average molecular weight is 356 g/mol. The Balaban J connectivity index is 1.33. The number of methoxy groups -OCH3 is 2. The van der Waals surface area contributed by atoms with Crippen LogP contribution in [-0.4, -0.2) is 62.7 Å². The number of nitrogens with zero attached hydrogens (tertiary/aromatic N) is 2. The third-order valence-corrected chi connectivity index (χ3v) is 6.20.